The lowest BCUT2D eigenvalue weighted by atomic mass is 10.1. The van der Waals surface area contributed by atoms with Crippen LogP contribution in [0.1, 0.15) is 25.7 Å². The normalized spacial score (nSPS) is 14.5. The number of carbonyl (C=O) groups is 5. The molecule has 184 valence electrons. The van der Waals surface area contributed by atoms with Crippen LogP contribution in [0.4, 0.5) is 0 Å². The second-order valence-electron chi connectivity index (χ2n) is 6.88. The maximum atomic E-state index is 12.8. The van der Waals surface area contributed by atoms with E-state index in [2.05, 4.69) is 16.0 Å². The molecule has 32 heavy (non-hydrogen) atoms. The standard InChI is InChI=1S/C18H33N5O7S2/c1-31-7-5-11(21-15(26)10(19)3-4-14(20)25)16(27)22-12(6-8-32-2)17(28)23-13(9-24)18(29)30/h10-13,24H,3-9,19H2,1-2H3,(H2,20,25)(H,21,26)(H,22,27)(H,23,28)(H,29,30). The first-order valence-corrected chi connectivity index (χ1v) is 12.6. The topological polar surface area (TPSA) is 214 Å². The van der Waals surface area contributed by atoms with Crippen LogP contribution in [0.15, 0.2) is 0 Å². The molecule has 14 heteroatoms. The number of hydrogen-bond acceptors (Lipinski definition) is 9. The summed E-state index contributed by atoms with van der Waals surface area (Å²) in [6, 6.07) is -4.61. The molecule has 0 fully saturated rings. The van der Waals surface area contributed by atoms with Gasteiger partial charge in [0.2, 0.25) is 23.6 Å². The Morgan fingerprint density at radius 1 is 0.812 bits per heavy atom. The number of aliphatic carboxylic acids is 1. The van der Waals surface area contributed by atoms with Crippen molar-refractivity contribution in [2.24, 2.45) is 11.5 Å². The number of amides is 4. The lowest BCUT2D eigenvalue weighted by Gasteiger charge is -2.25. The van der Waals surface area contributed by atoms with Crippen LogP contribution in [-0.4, -0.2) is 94.6 Å². The molecule has 12 nitrogen and oxygen atoms in total. The highest BCUT2D eigenvalue weighted by Gasteiger charge is 2.29. The van der Waals surface area contributed by atoms with E-state index in [1.165, 1.54) is 23.5 Å². The number of nitrogens with one attached hydrogen (secondary N) is 3. The number of nitrogens with two attached hydrogens (primary N) is 2. The largest absolute Gasteiger partial charge is 0.480 e. The molecule has 4 amide bonds. The van der Waals surface area contributed by atoms with Crippen molar-refractivity contribution in [1.29, 1.82) is 0 Å². The number of primary amides is 1. The van der Waals surface area contributed by atoms with E-state index in [4.69, 9.17) is 21.7 Å². The number of carboxylic acids is 1. The summed E-state index contributed by atoms with van der Waals surface area (Å²) in [7, 11) is 0. The van der Waals surface area contributed by atoms with Crippen LogP contribution in [0.25, 0.3) is 0 Å². The Morgan fingerprint density at radius 2 is 1.25 bits per heavy atom. The van der Waals surface area contributed by atoms with E-state index >= 15 is 0 Å². The fourth-order valence-electron chi connectivity index (χ4n) is 2.45. The number of aliphatic hydroxyl groups is 1. The number of rotatable bonds is 17. The highest BCUT2D eigenvalue weighted by atomic mass is 32.2. The number of carbonyl (C=O) groups excluding carboxylic acids is 4. The minimum absolute atomic E-state index is 0.0223. The Bertz CT molecular complexity index is 653. The van der Waals surface area contributed by atoms with Gasteiger partial charge in [-0.1, -0.05) is 0 Å². The minimum Gasteiger partial charge on any atom is -0.480 e. The summed E-state index contributed by atoms with van der Waals surface area (Å²) in [5.41, 5.74) is 10.8. The molecule has 0 spiro atoms. The van der Waals surface area contributed by atoms with Crippen LogP contribution in [0, 0.1) is 0 Å². The first kappa shape index (κ1) is 30.0. The van der Waals surface area contributed by atoms with Gasteiger partial charge in [-0.2, -0.15) is 23.5 Å². The number of hydrogen-bond donors (Lipinski definition) is 7. The fourth-order valence-corrected chi connectivity index (χ4v) is 3.39. The van der Waals surface area contributed by atoms with E-state index in [1.807, 2.05) is 6.26 Å². The molecule has 0 aromatic heterocycles. The monoisotopic (exact) mass is 495 g/mol. The van der Waals surface area contributed by atoms with Crippen LogP contribution < -0.4 is 27.4 Å². The third-order valence-corrected chi connectivity index (χ3v) is 5.61. The molecule has 4 atom stereocenters. The van der Waals surface area contributed by atoms with Gasteiger partial charge in [-0.25, -0.2) is 4.79 Å². The average molecular weight is 496 g/mol. The molecular formula is C18H33N5O7S2. The van der Waals surface area contributed by atoms with E-state index in [-0.39, 0.29) is 25.7 Å². The highest BCUT2D eigenvalue weighted by Crippen LogP contribution is 2.06. The van der Waals surface area contributed by atoms with Gasteiger partial charge in [0.1, 0.15) is 18.1 Å². The van der Waals surface area contributed by atoms with Crippen molar-refractivity contribution in [1.82, 2.24) is 16.0 Å². The van der Waals surface area contributed by atoms with Gasteiger partial charge < -0.3 is 37.6 Å². The van der Waals surface area contributed by atoms with Crippen LogP contribution in [0.5, 0.6) is 0 Å². The van der Waals surface area contributed by atoms with Gasteiger partial charge in [0, 0.05) is 6.42 Å². The Hall–Kier alpha value is -2.03. The summed E-state index contributed by atoms with van der Waals surface area (Å²) >= 11 is 2.88. The van der Waals surface area contributed by atoms with Crippen LogP contribution in [-0.2, 0) is 24.0 Å². The van der Waals surface area contributed by atoms with Crippen molar-refractivity contribution >= 4 is 53.1 Å². The van der Waals surface area contributed by atoms with Crippen molar-refractivity contribution in [3.05, 3.63) is 0 Å². The predicted octanol–water partition coefficient (Wildman–Crippen LogP) is -2.38. The molecule has 9 N–H and O–H groups in total. The summed E-state index contributed by atoms with van der Waals surface area (Å²) in [5, 5.41) is 25.4. The van der Waals surface area contributed by atoms with E-state index in [9.17, 15) is 24.0 Å². The molecule has 0 rings (SSSR count). The number of aliphatic hydroxyl groups excluding tert-OH is 1. The lowest BCUT2D eigenvalue weighted by Crippen LogP contribution is -2.57. The van der Waals surface area contributed by atoms with Crippen LogP contribution in [0.2, 0.25) is 0 Å². The maximum Gasteiger partial charge on any atom is 0.328 e. The summed E-state index contributed by atoms with van der Waals surface area (Å²) < 4.78 is 0. The van der Waals surface area contributed by atoms with Gasteiger partial charge in [0.15, 0.2) is 0 Å². The third-order valence-electron chi connectivity index (χ3n) is 4.32. The molecule has 0 radical (unpaired) electrons. The zero-order chi connectivity index (χ0) is 24.7. The van der Waals surface area contributed by atoms with Gasteiger partial charge in [-0.15, -0.1) is 0 Å². The molecule has 0 saturated heterocycles. The van der Waals surface area contributed by atoms with E-state index in [1.54, 1.807) is 6.26 Å². The second-order valence-corrected chi connectivity index (χ2v) is 8.85. The molecule has 0 aromatic rings. The summed E-state index contributed by atoms with van der Waals surface area (Å²) in [6.45, 7) is -0.806. The van der Waals surface area contributed by atoms with E-state index in [0.29, 0.717) is 11.5 Å². The Labute approximate surface area is 195 Å². The van der Waals surface area contributed by atoms with Crippen molar-refractivity contribution in [2.75, 3.05) is 30.6 Å². The van der Waals surface area contributed by atoms with Gasteiger partial charge in [0.25, 0.3) is 0 Å². The van der Waals surface area contributed by atoms with Crippen molar-refractivity contribution < 1.29 is 34.2 Å². The second kappa shape index (κ2) is 16.6. The third kappa shape index (κ3) is 12.1. The molecule has 0 bridgehead atoms. The van der Waals surface area contributed by atoms with Gasteiger partial charge >= 0.3 is 5.97 Å². The number of carboxylic acid groups (broad SMARTS) is 1. The van der Waals surface area contributed by atoms with Gasteiger partial charge in [0.05, 0.1) is 12.6 Å². The maximum absolute atomic E-state index is 12.8. The first-order valence-electron chi connectivity index (χ1n) is 9.83. The molecule has 4 unspecified atom stereocenters. The zero-order valence-electron chi connectivity index (χ0n) is 18.2. The van der Waals surface area contributed by atoms with E-state index < -0.39 is 60.4 Å². The molecule has 0 saturated carbocycles. The quantitative estimate of drug-likeness (QED) is 0.114. The average Bonchev–Trinajstić information content (AvgIpc) is 2.74. The predicted molar refractivity (Wildman–Crippen MR) is 123 cm³/mol. The van der Waals surface area contributed by atoms with Gasteiger partial charge in [-0.05, 0) is 43.3 Å². The number of thioether (sulfide) groups is 2. The zero-order valence-corrected chi connectivity index (χ0v) is 19.8. The molecule has 0 aliphatic carbocycles. The Balaban J connectivity index is 5.29. The lowest BCUT2D eigenvalue weighted by molar-refractivity contribution is -0.143. The Morgan fingerprint density at radius 3 is 1.62 bits per heavy atom. The van der Waals surface area contributed by atoms with Crippen molar-refractivity contribution in [3.63, 3.8) is 0 Å². The highest BCUT2D eigenvalue weighted by molar-refractivity contribution is 7.98. The Kier molecular flexibility index (Phi) is 15.5. The van der Waals surface area contributed by atoms with Crippen molar-refractivity contribution in [2.45, 2.75) is 49.9 Å². The summed E-state index contributed by atoms with van der Waals surface area (Å²) in [4.78, 5) is 59.6. The molecule has 0 aliphatic heterocycles. The molecule has 0 heterocycles. The van der Waals surface area contributed by atoms with Crippen molar-refractivity contribution in [3.8, 4) is 0 Å². The van der Waals surface area contributed by atoms with Crippen LogP contribution >= 0.6 is 23.5 Å². The SMILES string of the molecule is CSCCC(NC(=O)C(N)CCC(N)=O)C(=O)NC(CCSC)C(=O)NC(CO)C(=O)O. The molecular weight excluding hydrogens is 462 g/mol. The van der Waals surface area contributed by atoms with E-state index in [0.717, 1.165) is 0 Å². The summed E-state index contributed by atoms with van der Waals surface area (Å²) in [5.74, 6) is -3.02. The first-order chi connectivity index (χ1) is 15.1. The van der Waals surface area contributed by atoms with Crippen LogP contribution in [0.3, 0.4) is 0 Å². The molecule has 0 aliphatic rings. The molecule has 0 aromatic carbocycles. The van der Waals surface area contributed by atoms with Gasteiger partial charge in [-0.3, -0.25) is 19.2 Å². The smallest absolute Gasteiger partial charge is 0.328 e. The minimum atomic E-state index is -1.51. The fraction of sp³-hybridized carbons (Fsp3) is 0.722. The summed E-state index contributed by atoms with van der Waals surface area (Å²) in [6.07, 6.45) is 4.03.